The largest absolute Gasteiger partial charge is 0.322 e. The highest BCUT2D eigenvalue weighted by Crippen LogP contribution is 2.20. The van der Waals surface area contributed by atoms with Gasteiger partial charge in [-0.15, -0.1) is 0 Å². The molecule has 0 fully saturated rings. The lowest BCUT2D eigenvalue weighted by molar-refractivity contribution is -0.112. The Bertz CT molecular complexity index is 907. The standard InChI is InChI=1S/C19H17Cl2N3O2/c1-11(2)18(25)22-15-6-4-5-13(9-15)12(3)23-24-19(26)16-10-14(20)7-8-17(16)21/h4-10H,1H2,2-3H3,(H,22,25)(H,24,26). The Morgan fingerprint density at radius 1 is 1.08 bits per heavy atom. The molecule has 2 rings (SSSR count). The first-order valence-corrected chi connectivity index (χ1v) is 8.40. The van der Waals surface area contributed by atoms with E-state index >= 15 is 0 Å². The zero-order chi connectivity index (χ0) is 19.3. The van der Waals surface area contributed by atoms with Gasteiger partial charge in [0.15, 0.2) is 0 Å². The molecular weight excluding hydrogens is 373 g/mol. The van der Waals surface area contributed by atoms with E-state index in [1.807, 2.05) is 6.07 Å². The summed E-state index contributed by atoms with van der Waals surface area (Å²) >= 11 is 11.9. The number of carbonyl (C=O) groups excluding carboxylic acids is 2. The van der Waals surface area contributed by atoms with E-state index in [0.29, 0.717) is 22.0 Å². The number of hydrogen-bond acceptors (Lipinski definition) is 3. The summed E-state index contributed by atoms with van der Waals surface area (Å²) in [6.07, 6.45) is 0. The van der Waals surface area contributed by atoms with E-state index in [1.165, 1.54) is 6.07 Å². The van der Waals surface area contributed by atoms with Gasteiger partial charge in [0.1, 0.15) is 0 Å². The summed E-state index contributed by atoms with van der Waals surface area (Å²) in [7, 11) is 0. The zero-order valence-electron chi connectivity index (χ0n) is 14.3. The number of rotatable bonds is 5. The molecule has 0 saturated heterocycles. The fourth-order valence-corrected chi connectivity index (χ4v) is 2.37. The third kappa shape index (κ3) is 5.18. The summed E-state index contributed by atoms with van der Waals surface area (Å²) in [5, 5.41) is 7.50. The van der Waals surface area contributed by atoms with E-state index < -0.39 is 5.91 Å². The van der Waals surface area contributed by atoms with Crippen molar-refractivity contribution < 1.29 is 9.59 Å². The van der Waals surface area contributed by atoms with Crippen molar-refractivity contribution in [2.45, 2.75) is 13.8 Å². The van der Waals surface area contributed by atoms with Crippen molar-refractivity contribution >= 4 is 46.4 Å². The number of hydrazone groups is 1. The summed E-state index contributed by atoms with van der Waals surface area (Å²) in [5.41, 5.74) is 4.99. The van der Waals surface area contributed by atoms with Crippen LogP contribution in [0, 0.1) is 0 Å². The number of nitrogens with one attached hydrogen (secondary N) is 2. The average Bonchev–Trinajstić information content (AvgIpc) is 2.61. The number of hydrogen-bond donors (Lipinski definition) is 2. The van der Waals surface area contributed by atoms with Gasteiger partial charge >= 0.3 is 0 Å². The topological polar surface area (TPSA) is 70.6 Å². The van der Waals surface area contributed by atoms with Gasteiger partial charge in [-0.05, 0) is 49.7 Å². The van der Waals surface area contributed by atoms with Gasteiger partial charge in [-0.25, -0.2) is 5.43 Å². The van der Waals surface area contributed by atoms with Gasteiger partial charge in [0.2, 0.25) is 0 Å². The Kier molecular flexibility index (Phi) is 6.55. The second kappa shape index (κ2) is 8.65. The predicted molar refractivity (Wildman–Crippen MR) is 106 cm³/mol. The Hall–Kier alpha value is -2.63. The number of carbonyl (C=O) groups is 2. The second-order valence-electron chi connectivity index (χ2n) is 5.58. The lowest BCUT2D eigenvalue weighted by Gasteiger charge is -2.08. The van der Waals surface area contributed by atoms with Crippen LogP contribution in [0.15, 0.2) is 59.7 Å². The van der Waals surface area contributed by atoms with E-state index in [0.717, 1.165) is 5.56 Å². The molecular formula is C19H17Cl2N3O2. The van der Waals surface area contributed by atoms with Crippen molar-refractivity contribution in [2.75, 3.05) is 5.32 Å². The van der Waals surface area contributed by atoms with Crippen molar-refractivity contribution in [3.8, 4) is 0 Å². The Morgan fingerprint density at radius 2 is 1.81 bits per heavy atom. The third-order valence-corrected chi connectivity index (χ3v) is 3.99. The molecule has 2 N–H and O–H groups in total. The molecule has 0 bridgehead atoms. The first kappa shape index (κ1) is 19.7. The fraction of sp³-hybridized carbons (Fsp3) is 0.105. The molecule has 0 aromatic heterocycles. The van der Waals surface area contributed by atoms with Crippen molar-refractivity contribution in [3.05, 3.63) is 75.8 Å². The minimum atomic E-state index is -0.469. The van der Waals surface area contributed by atoms with E-state index in [2.05, 4.69) is 22.4 Å². The summed E-state index contributed by atoms with van der Waals surface area (Å²) in [5.74, 6) is -0.732. The van der Waals surface area contributed by atoms with E-state index in [-0.39, 0.29) is 16.5 Å². The van der Waals surface area contributed by atoms with Crippen LogP contribution in [0.1, 0.15) is 29.8 Å². The van der Waals surface area contributed by atoms with E-state index in [1.54, 1.807) is 44.2 Å². The number of benzene rings is 2. The molecule has 0 heterocycles. The predicted octanol–water partition coefficient (Wildman–Crippen LogP) is 4.66. The first-order chi connectivity index (χ1) is 12.3. The molecule has 5 nitrogen and oxygen atoms in total. The van der Waals surface area contributed by atoms with Crippen LogP contribution < -0.4 is 10.7 Å². The van der Waals surface area contributed by atoms with E-state index in [9.17, 15) is 9.59 Å². The molecule has 0 aliphatic heterocycles. The SMILES string of the molecule is C=C(C)C(=O)Nc1cccc(C(C)=NNC(=O)c2cc(Cl)ccc2Cl)c1. The highest BCUT2D eigenvalue weighted by molar-refractivity contribution is 6.35. The Balaban J connectivity index is 2.14. The molecule has 0 aliphatic carbocycles. The van der Waals surface area contributed by atoms with Gasteiger partial charge in [-0.2, -0.15) is 5.10 Å². The molecule has 134 valence electrons. The zero-order valence-corrected chi connectivity index (χ0v) is 15.8. The first-order valence-electron chi connectivity index (χ1n) is 7.65. The normalized spacial score (nSPS) is 11.0. The van der Waals surface area contributed by atoms with Crippen LogP contribution in [0.3, 0.4) is 0 Å². The van der Waals surface area contributed by atoms with Crippen LogP contribution >= 0.6 is 23.2 Å². The molecule has 26 heavy (non-hydrogen) atoms. The molecule has 0 spiro atoms. The summed E-state index contributed by atoms with van der Waals surface area (Å²) in [6.45, 7) is 6.96. The van der Waals surface area contributed by atoms with Crippen molar-refractivity contribution in [2.24, 2.45) is 5.10 Å². The van der Waals surface area contributed by atoms with Crippen molar-refractivity contribution in [1.82, 2.24) is 5.43 Å². The van der Waals surface area contributed by atoms with Gasteiger partial charge in [-0.3, -0.25) is 9.59 Å². The fourth-order valence-electron chi connectivity index (χ4n) is 1.99. The van der Waals surface area contributed by atoms with Gasteiger partial charge in [-0.1, -0.05) is 41.9 Å². The van der Waals surface area contributed by atoms with Crippen LogP contribution in [0.2, 0.25) is 10.0 Å². The number of amides is 2. The smallest absolute Gasteiger partial charge is 0.272 e. The number of anilines is 1. The van der Waals surface area contributed by atoms with E-state index in [4.69, 9.17) is 23.2 Å². The minimum Gasteiger partial charge on any atom is -0.322 e. The van der Waals surface area contributed by atoms with Crippen LogP contribution in [0.5, 0.6) is 0 Å². The molecule has 0 atom stereocenters. The van der Waals surface area contributed by atoms with Gasteiger partial charge in [0.05, 0.1) is 16.3 Å². The lowest BCUT2D eigenvalue weighted by Crippen LogP contribution is -2.20. The minimum absolute atomic E-state index is 0.234. The molecule has 0 saturated carbocycles. The number of nitrogens with zero attached hydrogens (tertiary/aromatic N) is 1. The molecule has 2 aromatic rings. The monoisotopic (exact) mass is 389 g/mol. The molecule has 0 aliphatic rings. The molecule has 2 amide bonds. The second-order valence-corrected chi connectivity index (χ2v) is 6.42. The van der Waals surface area contributed by atoms with Crippen LogP contribution in [0.4, 0.5) is 5.69 Å². The quantitative estimate of drug-likeness (QED) is 0.443. The van der Waals surface area contributed by atoms with Gasteiger partial charge < -0.3 is 5.32 Å². The highest BCUT2D eigenvalue weighted by atomic mass is 35.5. The summed E-state index contributed by atoms with van der Waals surface area (Å²) in [6, 6.07) is 11.7. The highest BCUT2D eigenvalue weighted by Gasteiger charge is 2.11. The average molecular weight is 390 g/mol. The third-order valence-electron chi connectivity index (χ3n) is 3.42. The number of halogens is 2. The van der Waals surface area contributed by atoms with Gasteiger partial charge in [0.25, 0.3) is 11.8 Å². The maximum atomic E-state index is 12.2. The lowest BCUT2D eigenvalue weighted by atomic mass is 10.1. The molecule has 0 radical (unpaired) electrons. The Morgan fingerprint density at radius 3 is 2.50 bits per heavy atom. The van der Waals surface area contributed by atoms with Gasteiger partial charge in [0, 0.05) is 16.3 Å². The van der Waals surface area contributed by atoms with Crippen molar-refractivity contribution in [1.29, 1.82) is 0 Å². The molecule has 2 aromatic carbocycles. The van der Waals surface area contributed by atoms with Crippen LogP contribution in [-0.4, -0.2) is 17.5 Å². The van der Waals surface area contributed by atoms with Crippen molar-refractivity contribution in [3.63, 3.8) is 0 Å². The maximum absolute atomic E-state index is 12.2. The molecule has 7 heteroatoms. The maximum Gasteiger partial charge on any atom is 0.272 e. The summed E-state index contributed by atoms with van der Waals surface area (Å²) in [4.78, 5) is 23.9. The molecule has 0 unspecified atom stereocenters. The summed E-state index contributed by atoms with van der Waals surface area (Å²) < 4.78 is 0. The van der Waals surface area contributed by atoms with Crippen LogP contribution in [-0.2, 0) is 4.79 Å². The Labute approximate surface area is 161 Å². The van der Waals surface area contributed by atoms with Crippen LogP contribution in [0.25, 0.3) is 0 Å².